The summed E-state index contributed by atoms with van der Waals surface area (Å²) in [6.07, 6.45) is 4.44. The number of hydrogen-bond acceptors (Lipinski definition) is 4. The highest BCUT2D eigenvalue weighted by Gasteiger charge is 2.28. The second kappa shape index (κ2) is 6.67. The van der Waals surface area contributed by atoms with Crippen molar-refractivity contribution in [2.24, 2.45) is 11.7 Å². The smallest absolute Gasteiger partial charge is 0.361 e. The van der Waals surface area contributed by atoms with E-state index < -0.39 is 9.84 Å². The molecular formula is C7H16N4O2S. The predicted octanol–water partition coefficient (Wildman–Crippen LogP) is -0.189. The molecule has 82 valence electrons. The zero-order chi connectivity index (χ0) is 11.0. The Hall–Kier alpha value is -0.750. The average Bonchev–Trinajstić information content (AvgIpc) is 2.22. The van der Waals surface area contributed by atoms with Crippen LogP contribution in [-0.2, 0) is 9.84 Å². The molecular weight excluding hydrogens is 204 g/mol. The lowest BCUT2D eigenvalue weighted by Gasteiger charge is -2.17. The van der Waals surface area contributed by atoms with Gasteiger partial charge in [0.25, 0.3) is 0 Å². The molecule has 0 aliphatic heterocycles. The van der Waals surface area contributed by atoms with Crippen LogP contribution in [0.5, 0.6) is 0 Å². The van der Waals surface area contributed by atoms with Crippen molar-refractivity contribution in [2.45, 2.75) is 37.4 Å². The van der Waals surface area contributed by atoms with Gasteiger partial charge in [-0.05, 0) is 12.8 Å². The second-order valence-corrected chi connectivity index (χ2v) is 5.13. The summed E-state index contributed by atoms with van der Waals surface area (Å²) in [6.45, 7) is 0. The normalized spacial score (nSPS) is 17.6. The van der Waals surface area contributed by atoms with E-state index in [2.05, 4.69) is 16.5 Å². The largest absolute Gasteiger partial charge is 0.370 e. The van der Waals surface area contributed by atoms with Crippen molar-refractivity contribution in [2.75, 3.05) is 0 Å². The Morgan fingerprint density at radius 3 is 2.14 bits per heavy atom. The second-order valence-electron chi connectivity index (χ2n) is 3.07. The summed E-state index contributed by atoms with van der Waals surface area (Å²) in [5.74, 6) is 8.00. The number of hydrazine groups is 1. The van der Waals surface area contributed by atoms with E-state index in [1.54, 1.807) is 0 Å². The molecule has 6 nitrogen and oxygen atoms in total. The SMILES string of the molecule is NN.[N-]=[N+]=CS(=O)(=O)C1CCCCC1. The maximum Gasteiger partial charge on any atom is 0.370 e. The van der Waals surface area contributed by atoms with Gasteiger partial charge in [0.1, 0.15) is 0 Å². The van der Waals surface area contributed by atoms with Gasteiger partial charge in [0.15, 0.2) is 0 Å². The number of sulfone groups is 1. The minimum absolute atomic E-state index is 0.317. The van der Waals surface area contributed by atoms with E-state index in [1.807, 2.05) is 0 Å². The van der Waals surface area contributed by atoms with Gasteiger partial charge in [-0.2, -0.15) is 4.79 Å². The topological polar surface area (TPSA) is 123 Å². The van der Waals surface area contributed by atoms with Crippen LogP contribution in [0.25, 0.3) is 5.53 Å². The van der Waals surface area contributed by atoms with Gasteiger partial charge in [0.05, 0.1) is 5.25 Å². The zero-order valence-electron chi connectivity index (χ0n) is 7.96. The van der Waals surface area contributed by atoms with Gasteiger partial charge in [0.2, 0.25) is 9.84 Å². The molecule has 1 fully saturated rings. The van der Waals surface area contributed by atoms with Crippen LogP contribution in [0.15, 0.2) is 0 Å². The van der Waals surface area contributed by atoms with Crippen molar-refractivity contribution in [3.05, 3.63) is 5.53 Å². The van der Waals surface area contributed by atoms with E-state index in [0.717, 1.165) is 19.3 Å². The quantitative estimate of drug-likeness (QED) is 0.167. The highest BCUT2D eigenvalue weighted by molar-refractivity contribution is 8.04. The van der Waals surface area contributed by atoms with E-state index in [0.29, 0.717) is 18.4 Å². The Bertz CT molecular complexity index is 289. The fraction of sp³-hybridized carbons (Fsp3) is 0.857. The van der Waals surface area contributed by atoms with Gasteiger partial charge in [-0.15, -0.1) is 0 Å². The van der Waals surface area contributed by atoms with E-state index >= 15 is 0 Å². The Kier molecular flexibility index (Phi) is 6.31. The third-order valence-electron chi connectivity index (χ3n) is 2.21. The molecule has 7 heteroatoms. The predicted molar refractivity (Wildman–Crippen MR) is 53.9 cm³/mol. The molecule has 1 rings (SSSR count). The van der Waals surface area contributed by atoms with Gasteiger partial charge >= 0.3 is 5.55 Å². The number of nitrogens with two attached hydrogens (primary N) is 2. The van der Waals surface area contributed by atoms with E-state index in [1.165, 1.54) is 0 Å². The first-order chi connectivity index (χ1) is 6.67. The van der Waals surface area contributed by atoms with Gasteiger partial charge in [-0.3, -0.25) is 11.7 Å². The number of nitrogens with zero attached hydrogens (tertiary/aromatic N) is 2. The molecule has 0 radical (unpaired) electrons. The molecule has 0 amide bonds. The molecule has 0 atom stereocenters. The zero-order valence-corrected chi connectivity index (χ0v) is 8.78. The molecule has 1 aliphatic rings. The molecule has 14 heavy (non-hydrogen) atoms. The van der Waals surface area contributed by atoms with E-state index in [4.69, 9.17) is 5.53 Å². The lowest BCUT2D eigenvalue weighted by Crippen LogP contribution is -2.24. The van der Waals surface area contributed by atoms with E-state index in [9.17, 15) is 8.42 Å². The maximum atomic E-state index is 11.3. The molecule has 0 bridgehead atoms. The van der Waals surface area contributed by atoms with Crippen molar-refractivity contribution in [3.63, 3.8) is 0 Å². The van der Waals surface area contributed by atoms with Crippen molar-refractivity contribution >= 4 is 15.4 Å². The fourth-order valence-corrected chi connectivity index (χ4v) is 2.84. The van der Waals surface area contributed by atoms with Crippen LogP contribution in [0.4, 0.5) is 0 Å². The Labute approximate surface area is 83.8 Å². The third kappa shape index (κ3) is 3.97. The van der Waals surface area contributed by atoms with Gasteiger partial charge in [-0.1, -0.05) is 19.3 Å². The minimum Gasteiger partial charge on any atom is -0.361 e. The molecule has 0 aromatic carbocycles. The van der Waals surface area contributed by atoms with E-state index in [-0.39, 0.29) is 5.25 Å². The molecule has 0 heterocycles. The summed E-state index contributed by atoms with van der Waals surface area (Å²) in [6, 6.07) is 0. The van der Waals surface area contributed by atoms with Crippen molar-refractivity contribution < 1.29 is 13.2 Å². The molecule has 1 aliphatic carbocycles. The summed E-state index contributed by atoms with van der Waals surface area (Å²) >= 11 is 0. The molecule has 0 aromatic rings. The van der Waals surface area contributed by atoms with Crippen LogP contribution in [-0.4, -0.2) is 24.0 Å². The van der Waals surface area contributed by atoms with Crippen LogP contribution in [0, 0.1) is 0 Å². The summed E-state index contributed by atoms with van der Waals surface area (Å²) in [5, 5.41) is -0.317. The fourth-order valence-electron chi connectivity index (χ4n) is 1.55. The summed E-state index contributed by atoms with van der Waals surface area (Å²) in [7, 11) is -3.28. The van der Waals surface area contributed by atoms with Crippen molar-refractivity contribution in [3.8, 4) is 0 Å². The standard InChI is InChI=1S/C7H12N2O2S.H4N2/c8-9-6-12(10,11)7-4-2-1-3-5-7;1-2/h6-7H,1-5H2;1-2H2. The molecule has 0 unspecified atom stereocenters. The van der Waals surface area contributed by atoms with Crippen LogP contribution >= 0.6 is 0 Å². The lowest BCUT2D eigenvalue weighted by atomic mass is 10.0. The van der Waals surface area contributed by atoms with Gasteiger partial charge in [-0.25, -0.2) is 8.42 Å². The highest BCUT2D eigenvalue weighted by Crippen LogP contribution is 2.22. The number of hydrogen-bond donors (Lipinski definition) is 2. The van der Waals surface area contributed by atoms with Gasteiger partial charge in [0, 0.05) is 0 Å². The lowest BCUT2D eigenvalue weighted by molar-refractivity contribution is 0.00744. The van der Waals surface area contributed by atoms with Crippen LogP contribution in [0.2, 0.25) is 0 Å². The summed E-state index contributed by atoms with van der Waals surface area (Å²) in [5.41, 5.74) is 8.78. The van der Waals surface area contributed by atoms with Gasteiger partial charge < -0.3 is 5.53 Å². The third-order valence-corrected chi connectivity index (χ3v) is 4.00. The number of rotatable bonds is 2. The molecule has 0 saturated heterocycles. The highest BCUT2D eigenvalue weighted by atomic mass is 32.2. The first-order valence-electron chi connectivity index (χ1n) is 4.41. The molecule has 0 spiro atoms. The maximum absolute atomic E-state index is 11.3. The monoisotopic (exact) mass is 220 g/mol. The minimum atomic E-state index is -3.28. The van der Waals surface area contributed by atoms with Crippen LogP contribution < -0.4 is 11.7 Å². The van der Waals surface area contributed by atoms with Crippen molar-refractivity contribution in [1.82, 2.24) is 0 Å². The molecule has 4 N–H and O–H groups in total. The Morgan fingerprint density at radius 1 is 1.21 bits per heavy atom. The average molecular weight is 220 g/mol. The Morgan fingerprint density at radius 2 is 1.71 bits per heavy atom. The first kappa shape index (κ1) is 13.2. The van der Waals surface area contributed by atoms with Crippen LogP contribution in [0.1, 0.15) is 32.1 Å². The molecule has 0 aromatic heterocycles. The van der Waals surface area contributed by atoms with Crippen molar-refractivity contribution in [1.29, 1.82) is 0 Å². The summed E-state index contributed by atoms with van der Waals surface area (Å²) in [4.78, 5) is 2.57. The Balaban J connectivity index is 0.000000791. The summed E-state index contributed by atoms with van der Waals surface area (Å²) < 4.78 is 22.6. The molecule has 1 saturated carbocycles. The first-order valence-corrected chi connectivity index (χ1v) is 6.02. The van der Waals surface area contributed by atoms with Crippen LogP contribution in [0.3, 0.4) is 0 Å².